The molecule has 1 aliphatic heterocycles. The van der Waals surface area contributed by atoms with Crippen molar-refractivity contribution in [2.75, 3.05) is 13.2 Å². The number of nitrogens with zero attached hydrogens (tertiary/aromatic N) is 4. The van der Waals surface area contributed by atoms with Crippen LogP contribution in [0, 0.1) is 5.82 Å². The van der Waals surface area contributed by atoms with Gasteiger partial charge in [-0.3, -0.25) is 4.90 Å². The Balaban J connectivity index is 1.48. The molecule has 2 aromatic carbocycles. The summed E-state index contributed by atoms with van der Waals surface area (Å²) in [6.45, 7) is 2.66. The predicted octanol–water partition coefficient (Wildman–Crippen LogP) is 3.00. The summed E-state index contributed by atoms with van der Waals surface area (Å²) in [6.07, 6.45) is 1.62. The quantitative estimate of drug-likeness (QED) is 0.717. The van der Waals surface area contributed by atoms with Crippen LogP contribution in [0.4, 0.5) is 4.39 Å². The maximum atomic E-state index is 13.8. The topological polar surface area (TPSA) is 43.2 Å². The lowest BCUT2D eigenvalue weighted by molar-refractivity contribution is 0.0252. The maximum Gasteiger partial charge on any atom is 0.157 e. The second-order valence-electron chi connectivity index (χ2n) is 6.11. The maximum absolute atomic E-state index is 13.8. The predicted molar refractivity (Wildman–Crippen MR) is 91.1 cm³/mol. The minimum absolute atomic E-state index is 0.213. The molecule has 1 saturated heterocycles. The number of halogens is 1. The summed E-state index contributed by atoms with van der Waals surface area (Å²) in [7, 11) is 0. The van der Waals surface area contributed by atoms with Gasteiger partial charge in [-0.05, 0) is 11.6 Å². The number of aromatic nitrogens is 3. The standard InChI is InChI=1S/C19H19FN4O/c20-17-9-5-4-8-16(17)13-24-14-18(21-22-24)19-23(10-11-25-19)12-15-6-2-1-3-7-15/h1-9,14,19H,10-13H2/t19-/m1/s1. The van der Waals surface area contributed by atoms with E-state index in [-0.39, 0.29) is 12.0 Å². The van der Waals surface area contributed by atoms with Gasteiger partial charge in [0.25, 0.3) is 0 Å². The van der Waals surface area contributed by atoms with Crippen LogP contribution >= 0.6 is 0 Å². The smallest absolute Gasteiger partial charge is 0.157 e. The second-order valence-corrected chi connectivity index (χ2v) is 6.11. The van der Waals surface area contributed by atoms with Crippen molar-refractivity contribution in [3.8, 4) is 0 Å². The molecule has 1 aromatic heterocycles. The van der Waals surface area contributed by atoms with E-state index in [1.807, 2.05) is 30.5 Å². The van der Waals surface area contributed by atoms with Gasteiger partial charge in [0.05, 0.1) is 19.3 Å². The molecular formula is C19H19FN4O. The molecule has 25 heavy (non-hydrogen) atoms. The van der Waals surface area contributed by atoms with Crippen molar-refractivity contribution in [2.24, 2.45) is 0 Å². The molecule has 1 aliphatic rings. The van der Waals surface area contributed by atoms with E-state index < -0.39 is 0 Å². The van der Waals surface area contributed by atoms with Crippen molar-refractivity contribution in [2.45, 2.75) is 19.3 Å². The van der Waals surface area contributed by atoms with Gasteiger partial charge in [-0.1, -0.05) is 53.7 Å². The van der Waals surface area contributed by atoms with Gasteiger partial charge in [-0.2, -0.15) is 0 Å². The number of ether oxygens (including phenoxy) is 1. The Morgan fingerprint density at radius 1 is 1.04 bits per heavy atom. The molecule has 4 rings (SSSR count). The van der Waals surface area contributed by atoms with Crippen LogP contribution in [0.3, 0.4) is 0 Å². The first kappa shape index (κ1) is 15.9. The van der Waals surface area contributed by atoms with Crippen LogP contribution in [0.2, 0.25) is 0 Å². The van der Waals surface area contributed by atoms with Crippen LogP contribution in [0.15, 0.2) is 60.8 Å². The third-order valence-electron chi connectivity index (χ3n) is 4.31. The van der Waals surface area contributed by atoms with E-state index in [2.05, 4.69) is 27.3 Å². The van der Waals surface area contributed by atoms with Gasteiger partial charge in [0.15, 0.2) is 6.23 Å². The Labute approximate surface area is 145 Å². The third kappa shape index (κ3) is 3.60. The minimum Gasteiger partial charge on any atom is -0.356 e. The first-order valence-corrected chi connectivity index (χ1v) is 8.32. The van der Waals surface area contributed by atoms with E-state index in [1.165, 1.54) is 11.6 Å². The van der Waals surface area contributed by atoms with Gasteiger partial charge in [0.1, 0.15) is 11.5 Å². The van der Waals surface area contributed by atoms with Gasteiger partial charge in [0.2, 0.25) is 0 Å². The van der Waals surface area contributed by atoms with E-state index in [0.29, 0.717) is 18.7 Å². The monoisotopic (exact) mass is 338 g/mol. The van der Waals surface area contributed by atoms with Crippen molar-refractivity contribution >= 4 is 0 Å². The molecule has 0 amide bonds. The Morgan fingerprint density at radius 3 is 2.68 bits per heavy atom. The van der Waals surface area contributed by atoms with Gasteiger partial charge in [-0.25, -0.2) is 9.07 Å². The zero-order valence-electron chi connectivity index (χ0n) is 13.8. The minimum atomic E-state index is -0.234. The largest absolute Gasteiger partial charge is 0.356 e. The Morgan fingerprint density at radius 2 is 1.84 bits per heavy atom. The normalized spacial score (nSPS) is 17.9. The molecule has 3 aromatic rings. The van der Waals surface area contributed by atoms with Crippen molar-refractivity contribution < 1.29 is 9.13 Å². The zero-order chi connectivity index (χ0) is 17.1. The first-order valence-electron chi connectivity index (χ1n) is 8.32. The highest BCUT2D eigenvalue weighted by Crippen LogP contribution is 2.27. The Hall–Kier alpha value is -2.57. The van der Waals surface area contributed by atoms with Crippen LogP contribution in [-0.4, -0.2) is 33.0 Å². The van der Waals surface area contributed by atoms with E-state index in [0.717, 1.165) is 18.8 Å². The van der Waals surface area contributed by atoms with E-state index >= 15 is 0 Å². The fourth-order valence-electron chi connectivity index (χ4n) is 3.06. The molecule has 1 atom stereocenters. The van der Waals surface area contributed by atoms with Crippen molar-refractivity contribution in [1.82, 2.24) is 19.9 Å². The molecule has 6 heteroatoms. The number of benzene rings is 2. The first-order chi connectivity index (χ1) is 12.3. The average molecular weight is 338 g/mol. The number of hydrogen-bond acceptors (Lipinski definition) is 4. The second kappa shape index (κ2) is 7.13. The molecule has 0 bridgehead atoms. The fraction of sp³-hybridized carbons (Fsp3) is 0.263. The molecule has 1 fully saturated rings. The van der Waals surface area contributed by atoms with Gasteiger partial charge in [0, 0.05) is 18.7 Å². The Bertz CT molecular complexity index is 836. The summed E-state index contributed by atoms with van der Waals surface area (Å²) in [6, 6.07) is 17.0. The summed E-state index contributed by atoms with van der Waals surface area (Å²) in [5, 5.41) is 8.37. The molecule has 0 spiro atoms. The molecule has 0 unspecified atom stereocenters. The van der Waals surface area contributed by atoms with Gasteiger partial charge in [-0.15, -0.1) is 5.10 Å². The summed E-state index contributed by atoms with van der Waals surface area (Å²) in [5.74, 6) is -0.234. The van der Waals surface area contributed by atoms with Crippen LogP contribution in [0.5, 0.6) is 0 Å². The highest BCUT2D eigenvalue weighted by atomic mass is 19.1. The summed E-state index contributed by atoms with van der Waals surface area (Å²) in [4.78, 5) is 2.23. The van der Waals surface area contributed by atoms with Gasteiger partial charge >= 0.3 is 0 Å². The van der Waals surface area contributed by atoms with Crippen LogP contribution in [0.1, 0.15) is 23.0 Å². The van der Waals surface area contributed by atoms with Crippen LogP contribution < -0.4 is 0 Å². The molecule has 5 nitrogen and oxygen atoms in total. The van der Waals surface area contributed by atoms with Crippen LogP contribution in [0.25, 0.3) is 0 Å². The van der Waals surface area contributed by atoms with Crippen LogP contribution in [-0.2, 0) is 17.8 Å². The fourth-order valence-corrected chi connectivity index (χ4v) is 3.06. The Kier molecular flexibility index (Phi) is 4.54. The lowest BCUT2D eigenvalue weighted by Gasteiger charge is -2.20. The summed E-state index contributed by atoms with van der Waals surface area (Å²) < 4.78 is 21.3. The van der Waals surface area contributed by atoms with Crippen molar-refractivity contribution in [3.63, 3.8) is 0 Å². The average Bonchev–Trinajstić information content (AvgIpc) is 3.27. The summed E-state index contributed by atoms with van der Waals surface area (Å²) >= 11 is 0. The highest BCUT2D eigenvalue weighted by molar-refractivity contribution is 5.18. The third-order valence-corrected chi connectivity index (χ3v) is 4.31. The zero-order valence-corrected chi connectivity index (χ0v) is 13.8. The lowest BCUT2D eigenvalue weighted by atomic mass is 10.2. The lowest BCUT2D eigenvalue weighted by Crippen LogP contribution is -2.23. The number of hydrogen-bond donors (Lipinski definition) is 0. The van der Waals surface area contributed by atoms with Gasteiger partial charge < -0.3 is 4.74 Å². The van der Waals surface area contributed by atoms with Crippen molar-refractivity contribution in [3.05, 3.63) is 83.4 Å². The molecule has 0 N–H and O–H groups in total. The molecular weight excluding hydrogens is 319 g/mol. The van der Waals surface area contributed by atoms with Crippen molar-refractivity contribution in [1.29, 1.82) is 0 Å². The molecule has 128 valence electrons. The van der Waals surface area contributed by atoms with E-state index in [9.17, 15) is 4.39 Å². The molecule has 0 aliphatic carbocycles. The van der Waals surface area contributed by atoms with E-state index in [1.54, 1.807) is 16.8 Å². The number of rotatable bonds is 5. The highest BCUT2D eigenvalue weighted by Gasteiger charge is 2.29. The van der Waals surface area contributed by atoms with E-state index in [4.69, 9.17) is 4.74 Å². The molecule has 0 saturated carbocycles. The molecule has 0 radical (unpaired) electrons. The SMILES string of the molecule is Fc1ccccc1Cn1cc([C@H]2OCCN2Cc2ccccc2)nn1. The summed E-state index contributed by atoms with van der Waals surface area (Å²) in [5.41, 5.74) is 2.58. The molecule has 2 heterocycles.